The zero-order valence-electron chi connectivity index (χ0n) is 10.5. The van der Waals surface area contributed by atoms with Gasteiger partial charge in [-0.2, -0.15) is 0 Å². The van der Waals surface area contributed by atoms with Crippen molar-refractivity contribution in [3.05, 3.63) is 53.9 Å². The molecule has 0 unspecified atom stereocenters. The van der Waals surface area contributed by atoms with Crippen molar-refractivity contribution in [3.8, 4) is 0 Å². The van der Waals surface area contributed by atoms with E-state index < -0.39 is 5.97 Å². The topological polar surface area (TPSA) is 92.7 Å². The molecule has 3 heterocycles. The van der Waals surface area contributed by atoms with Crippen molar-refractivity contribution in [2.45, 2.75) is 13.1 Å². The molecule has 0 fully saturated rings. The number of aromatic carboxylic acids is 1. The third-order valence-electron chi connectivity index (χ3n) is 2.87. The van der Waals surface area contributed by atoms with Crippen LogP contribution >= 0.6 is 0 Å². The predicted molar refractivity (Wildman–Crippen MR) is 69.2 cm³/mol. The van der Waals surface area contributed by atoms with Gasteiger partial charge in [-0.1, -0.05) is 6.07 Å². The third kappa shape index (κ3) is 2.39. The molecule has 0 aliphatic rings. The van der Waals surface area contributed by atoms with E-state index in [9.17, 15) is 4.79 Å². The fourth-order valence-electron chi connectivity index (χ4n) is 1.89. The molecule has 0 spiro atoms. The second kappa shape index (κ2) is 5.14. The summed E-state index contributed by atoms with van der Waals surface area (Å²) >= 11 is 0. The number of furan rings is 1. The van der Waals surface area contributed by atoms with Crippen molar-refractivity contribution in [2.75, 3.05) is 0 Å². The standard InChI is InChI=1S/C13H12N4O3/c18-13(19)9-5-10(20-8-9)6-14-7-12-16-15-11-3-1-2-4-17(11)12/h1-5,8,14H,6-7H2,(H,18,19). The monoisotopic (exact) mass is 272 g/mol. The van der Waals surface area contributed by atoms with E-state index in [-0.39, 0.29) is 5.56 Å². The number of hydrogen-bond donors (Lipinski definition) is 2. The van der Waals surface area contributed by atoms with Gasteiger partial charge < -0.3 is 14.8 Å². The summed E-state index contributed by atoms with van der Waals surface area (Å²) in [6.45, 7) is 0.934. The largest absolute Gasteiger partial charge is 0.478 e. The molecule has 0 saturated carbocycles. The number of aromatic nitrogens is 3. The van der Waals surface area contributed by atoms with Crippen LogP contribution in [0.3, 0.4) is 0 Å². The molecule has 2 N–H and O–H groups in total. The van der Waals surface area contributed by atoms with Crippen LogP contribution in [-0.4, -0.2) is 25.7 Å². The van der Waals surface area contributed by atoms with Gasteiger partial charge in [-0.15, -0.1) is 10.2 Å². The van der Waals surface area contributed by atoms with Crippen LogP contribution in [0.2, 0.25) is 0 Å². The molecule has 3 aromatic rings. The molecule has 0 aliphatic heterocycles. The molecule has 20 heavy (non-hydrogen) atoms. The summed E-state index contributed by atoms with van der Waals surface area (Å²) in [5.74, 6) is 0.352. The molecular formula is C13H12N4O3. The Kier molecular flexibility index (Phi) is 3.18. The minimum Gasteiger partial charge on any atom is -0.478 e. The highest BCUT2D eigenvalue weighted by atomic mass is 16.4. The first kappa shape index (κ1) is 12.4. The van der Waals surface area contributed by atoms with Crippen molar-refractivity contribution in [1.29, 1.82) is 0 Å². The smallest absolute Gasteiger partial charge is 0.338 e. The Labute approximate surface area is 113 Å². The highest BCUT2D eigenvalue weighted by molar-refractivity contribution is 5.87. The highest BCUT2D eigenvalue weighted by Crippen LogP contribution is 2.08. The van der Waals surface area contributed by atoms with E-state index in [2.05, 4.69) is 15.5 Å². The number of fused-ring (bicyclic) bond motifs is 1. The van der Waals surface area contributed by atoms with Crippen molar-refractivity contribution < 1.29 is 14.3 Å². The lowest BCUT2D eigenvalue weighted by Gasteiger charge is -2.01. The first-order chi connectivity index (χ1) is 9.74. The molecule has 3 aromatic heterocycles. The van der Waals surface area contributed by atoms with Gasteiger partial charge in [-0.25, -0.2) is 4.79 Å². The van der Waals surface area contributed by atoms with Crippen LogP contribution < -0.4 is 5.32 Å². The van der Waals surface area contributed by atoms with Crippen LogP contribution in [0, 0.1) is 0 Å². The summed E-state index contributed by atoms with van der Waals surface area (Å²) in [4.78, 5) is 10.7. The zero-order chi connectivity index (χ0) is 13.9. The number of carbonyl (C=O) groups is 1. The molecule has 3 rings (SSSR count). The fraction of sp³-hybridized carbons (Fsp3) is 0.154. The number of carboxylic acid groups (broad SMARTS) is 1. The lowest BCUT2D eigenvalue weighted by Crippen LogP contribution is -2.14. The number of hydrogen-bond acceptors (Lipinski definition) is 5. The Morgan fingerprint density at radius 2 is 2.25 bits per heavy atom. The van der Waals surface area contributed by atoms with Gasteiger partial charge in [0, 0.05) is 6.20 Å². The molecule has 102 valence electrons. The number of pyridine rings is 1. The van der Waals surface area contributed by atoms with Crippen molar-refractivity contribution >= 4 is 11.6 Å². The third-order valence-corrected chi connectivity index (χ3v) is 2.87. The van der Waals surface area contributed by atoms with Crippen LogP contribution in [0.15, 0.2) is 41.1 Å². The Bertz CT molecular complexity index is 747. The minimum absolute atomic E-state index is 0.148. The van der Waals surface area contributed by atoms with Crippen LogP contribution in [0.4, 0.5) is 0 Å². The molecule has 0 saturated heterocycles. The molecule has 0 amide bonds. The van der Waals surface area contributed by atoms with Crippen molar-refractivity contribution in [2.24, 2.45) is 0 Å². The van der Waals surface area contributed by atoms with E-state index in [0.29, 0.717) is 18.8 Å². The number of nitrogens with zero attached hydrogens (tertiary/aromatic N) is 3. The maximum Gasteiger partial charge on any atom is 0.338 e. The molecule has 7 heteroatoms. The van der Waals surface area contributed by atoms with Crippen LogP contribution in [0.25, 0.3) is 5.65 Å². The summed E-state index contributed by atoms with van der Waals surface area (Å²) in [5.41, 5.74) is 0.935. The Balaban J connectivity index is 1.63. The van der Waals surface area contributed by atoms with Crippen LogP contribution in [-0.2, 0) is 13.1 Å². The quantitative estimate of drug-likeness (QED) is 0.727. The summed E-state index contributed by atoms with van der Waals surface area (Å²) < 4.78 is 7.03. The normalized spacial score (nSPS) is 11.0. The second-order valence-electron chi connectivity index (χ2n) is 4.26. The average molecular weight is 272 g/mol. The van der Waals surface area contributed by atoms with E-state index in [1.54, 1.807) is 0 Å². The Morgan fingerprint density at radius 1 is 1.35 bits per heavy atom. The van der Waals surface area contributed by atoms with Gasteiger partial charge in [0.05, 0.1) is 18.7 Å². The van der Waals surface area contributed by atoms with E-state index in [1.807, 2.05) is 28.8 Å². The van der Waals surface area contributed by atoms with E-state index in [4.69, 9.17) is 9.52 Å². The van der Waals surface area contributed by atoms with Gasteiger partial charge >= 0.3 is 5.97 Å². The summed E-state index contributed by atoms with van der Waals surface area (Å²) in [5, 5.41) is 20.1. The van der Waals surface area contributed by atoms with Gasteiger partial charge in [0.1, 0.15) is 12.0 Å². The first-order valence-corrected chi connectivity index (χ1v) is 6.04. The van der Waals surface area contributed by atoms with E-state index in [0.717, 1.165) is 11.5 Å². The number of nitrogens with one attached hydrogen (secondary N) is 1. The Morgan fingerprint density at radius 3 is 3.05 bits per heavy atom. The van der Waals surface area contributed by atoms with Crippen LogP contribution in [0.1, 0.15) is 21.9 Å². The van der Waals surface area contributed by atoms with Crippen molar-refractivity contribution in [1.82, 2.24) is 19.9 Å². The number of rotatable bonds is 5. The average Bonchev–Trinajstić information content (AvgIpc) is 3.06. The van der Waals surface area contributed by atoms with Crippen LogP contribution in [0.5, 0.6) is 0 Å². The lowest BCUT2D eigenvalue weighted by molar-refractivity contribution is 0.0696. The maximum atomic E-state index is 10.7. The van der Waals surface area contributed by atoms with Gasteiger partial charge in [0.15, 0.2) is 11.5 Å². The summed E-state index contributed by atoms with van der Waals surface area (Å²) in [7, 11) is 0. The van der Waals surface area contributed by atoms with E-state index in [1.165, 1.54) is 12.3 Å². The van der Waals surface area contributed by atoms with Gasteiger partial charge in [0.25, 0.3) is 0 Å². The van der Waals surface area contributed by atoms with Gasteiger partial charge in [-0.05, 0) is 18.2 Å². The zero-order valence-corrected chi connectivity index (χ0v) is 10.5. The lowest BCUT2D eigenvalue weighted by atomic mass is 10.3. The fourth-order valence-corrected chi connectivity index (χ4v) is 1.89. The van der Waals surface area contributed by atoms with Gasteiger partial charge in [0.2, 0.25) is 0 Å². The summed E-state index contributed by atoms with van der Waals surface area (Å²) in [6, 6.07) is 7.18. The second-order valence-corrected chi connectivity index (χ2v) is 4.26. The molecule has 7 nitrogen and oxygen atoms in total. The maximum absolute atomic E-state index is 10.7. The molecule has 0 aromatic carbocycles. The molecule has 0 aliphatic carbocycles. The van der Waals surface area contributed by atoms with Crippen molar-refractivity contribution in [3.63, 3.8) is 0 Å². The SMILES string of the molecule is O=C(O)c1coc(CNCc2nnc3ccccn23)c1. The number of carboxylic acids is 1. The highest BCUT2D eigenvalue weighted by Gasteiger charge is 2.08. The molecule has 0 bridgehead atoms. The first-order valence-electron chi connectivity index (χ1n) is 6.04. The molecule has 0 radical (unpaired) electrons. The van der Waals surface area contributed by atoms with E-state index >= 15 is 0 Å². The molecular weight excluding hydrogens is 260 g/mol. The predicted octanol–water partition coefficient (Wildman–Crippen LogP) is 1.31. The summed E-state index contributed by atoms with van der Waals surface area (Å²) in [6.07, 6.45) is 3.12. The van der Waals surface area contributed by atoms with Gasteiger partial charge in [-0.3, -0.25) is 4.40 Å². The minimum atomic E-state index is -0.997. The molecule has 0 atom stereocenters. The Hall–Kier alpha value is -2.67.